The van der Waals surface area contributed by atoms with Gasteiger partial charge >= 0.3 is 0 Å². The summed E-state index contributed by atoms with van der Waals surface area (Å²) in [4.78, 5) is 14.5. The van der Waals surface area contributed by atoms with Crippen LogP contribution in [-0.2, 0) is 18.7 Å². The lowest BCUT2D eigenvalue weighted by atomic mass is 9.77. The monoisotopic (exact) mass is 638 g/mol. The van der Waals surface area contributed by atoms with Crippen molar-refractivity contribution in [2.75, 3.05) is 59.2 Å². The van der Waals surface area contributed by atoms with Crippen molar-refractivity contribution in [3.05, 3.63) is 0 Å². The van der Waals surface area contributed by atoms with Gasteiger partial charge in [0.25, 0.3) is 0 Å². The zero-order valence-corrected chi connectivity index (χ0v) is 28.3. The number of carbonyl (C=O) groups excluding carboxylic acids is 1. The Bertz CT molecular complexity index is 796. The quantitative estimate of drug-likeness (QED) is 0.318. The van der Waals surface area contributed by atoms with Crippen LogP contribution in [0.1, 0.15) is 33.6 Å². The lowest BCUT2D eigenvalue weighted by Crippen LogP contribution is -2.59. The van der Waals surface area contributed by atoms with Gasteiger partial charge in [-0.1, -0.05) is 20.8 Å². The van der Waals surface area contributed by atoms with Crippen LogP contribution in [-0.4, -0.2) is 101 Å². The molecule has 5 aliphatic rings. The molecule has 0 amide bonds. The first-order chi connectivity index (χ1) is 18.4. The Labute approximate surface area is 252 Å². The smallest absolute Gasteiger partial charge is 0.192 e. The van der Waals surface area contributed by atoms with Crippen LogP contribution in [0.15, 0.2) is 0 Å². The molecule has 0 aromatic rings. The van der Waals surface area contributed by atoms with Crippen molar-refractivity contribution in [3.63, 3.8) is 0 Å². The molecule has 5 saturated heterocycles. The fourth-order valence-corrected chi connectivity index (χ4v) is 18.1. The number of hydrogen-bond donors (Lipinski definition) is 1. The minimum Gasteiger partial charge on any atom is -0.413 e. The van der Waals surface area contributed by atoms with Crippen molar-refractivity contribution < 1.29 is 23.8 Å². The Hall–Kier alpha value is 1.48. The lowest BCUT2D eigenvalue weighted by Gasteiger charge is -2.49. The van der Waals surface area contributed by atoms with Crippen LogP contribution in [0, 0.1) is 23.7 Å². The Balaban J connectivity index is 1.44. The second kappa shape index (κ2) is 13.4. The molecule has 5 aliphatic heterocycles. The average Bonchev–Trinajstić information content (AvgIpc) is 3.61. The molecule has 5 heterocycles. The van der Waals surface area contributed by atoms with E-state index in [9.17, 15) is 9.90 Å². The molecular weight excluding hydrogens is 593 g/mol. The molecule has 2 spiro atoms. The predicted octanol–water partition coefficient (Wildman–Crippen LogP) is 5.71. The molecule has 5 rings (SSSR count). The van der Waals surface area contributed by atoms with E-state index in [2.05, 4.69) is 20.8 Å². The molecule has 0 aliphatic carbocycles. The summed E-state index contributed by atoms with van der Waals surface area (Å²) in [7, 11) is -2.01. The molecule has 0 radical (unpaired) electrons. The summed E-state index contributed by atoms with van der Waals surface area (Å²) in [6, 6.07) is 3.17. The highest BCUT2D eigenvalue weighted by molar-refractivity contribution is 8.21. The van der Waals surface area contributed by atoms with Crippen molar-refractivity contribution in [3.8, 4) is 0 Å². The van der Waals surface area contributed by atoms with Crippen LogP contribution >= 0.6 is 58.8 Å². The fraction of sp³-hybridized carbons (Fsp3) is 0.963. The van der Waals surface area contributed by atoms with E-state index in [0.717, 1.165) is 77.0 Å². The largest absolute Gasteiger partial charge is 0.413 e. The molecule has 6 atom stereocenters. The van der Waals surface area contributed by atoms with E-state index in [4.69, 9.17) is 13.9 Å². The number of thioether (sulfide) groups is 5. The number of ketones is 1. The van der Waals surface area contributed by atoms with Crippen LogP contribution in [0.3, 0.4) is 0 Å². The van der Waals surface area contributed by atoms with Crippen LogP contribution in [0.4, 0.5) is 0 Å². The molecule has 0 aromatic heterocycles. The molecule has 0 bridgehead atoms. The number of aliphatic hydroxyl groups is 1. The Morgan fingerprint density at radius 2 is 1.47 bits per heavy atom. The summed E-state index contributed by atoms with van der Waals surface area (Å²) in [6.07, 6.45) is 1.21. The van der Waals surface area contributed by atoms with Gasteiger partial charge in [-0.25, -0.2) is 0 Å². The maximum Gasteiger partial charge on any atom is 0.192 e. The molecule has 11 heteroatoms. The normalized spacial score (nSPS) is 35.1. The van der Waals surface area contributed by atoms with E-state index in [-0.39, 0.29) is 39.6 Å². The summed E-state index contributed by atoms with van der Waals surface area (Å²) in [5.74, 6) is 7.17. The summed E-state index contributed by atoms with van der Waals surface area (Å²) in [5, 5.41) is 11.9. The van der Waals surface area contributed by atoms with Crippen molar-refractivity contribution in [1.82, 2.24) is 0 Å². The Morgan fingerprint density at radius 1 is 0.868 bits per heavy atom. The number of aliphatic hydroxyl groups excluding tert-OH is 1. The third kappa shape index (κ3) is 5.96. The van der Waals surface area contributed by atoms with Gasteiger partial charge in [0.2, 0.25) is 0 Å². The highest BCUT2D eigenvalue weighted by atomic mass is 32.2. The predicted molar refractivity (Wildman–Crippen MR) is 171 cm³/mol. The molecule has 218 valence electrons. The molecule has 1 N–H and O–H groups in total. The maximum atomic E-state index is 14.5. The second-order valence-electron chi connectivity index (χ2n) is 11.3. The minimum atomic E-state index is -2.01. The molecule has 5 nitrogen and oxygen atoms in total. The van der Waals surface area contributed by atoms with E-state index in [0.29, 0.717) is 13.2 Å². The van der Waals surface area contributed by atoms with Crippen molar-refractivity contribution >= 4 is 72.9 Å². The second-order valence-corrected chi connectivity index (χ2v) is 22.6. The third-order valence-electron chi connectivity index (χ3n) is 9.73. The lowest BCUT2D eigenvalue weighted by molar-refractivity contribution is -0.216. The topological polar surface area (TPSA) is 65.0 Å². The van der Waals surface area contributed by atoms with Crippen LogP contribution in [0.25, 0.3) is 0 Å². The molecular formula is C27H46O5S5Si. The number of ether oxygens (including phenoxy) is 2. The highest BCUT2D eigenvalue weighted by Crippen LogP contribution is 2.57. The average molecular weight is 639 g/mol. The van der Waals surface area contributed by atoms with Gasteiger partial charge in [-0.3, -0.25) is 4.79 Å². The highest BCUT2D eigenvalue weighted by Gasteiger charge is 2.57. The maximum absolute atomic E-state index is 14.5. The van der Waals surface area contributed by atoms with Crippen LogP contribution < -0.4 is 0 Å². The van der Waals surface area contributed by atoms with E-state index in [1.807, 2.05) is 58.8 Å². The zero-order chi connectivity index (χ0) is 26.8. The minimum absolute atomic E-state index is 0.0447. The molecule has 0 saturated carbocycles. The SMILES string of the molecule is CC[Si](CC)(CC)O[C@H]([C@H]1CSC[C@H]([C@@H](O)[C@@H]2CSCCC23SCCS3)C1=O)[C@@H]1CSCCC12OCCO2. The van der Waals surface area contributed by atoms with Crippen molar-refractivity contribution in [1.29, 1.82) is 0 Å². The number of Topliss-reactive ketones (excluding diaryl/α,β-unsaturated/α-hetero) is 1. The Morgan fingerprint density at radius 3 is 2.13 bits per heavy atom. The number of hydrogen-bond acceptors (Lipinski definition) is 10. The molecule has 5 fully saturated rings. The Kier molecular flexibility index (Phi) is 10.9. The van der Waals surface area contributed by atoms with Gasteiger partial charge in [-0.15, -0.1) is 23.5 Å². The third-order valence-corrected chi connectivity index (χ3v) is 21.5. The van der Waals surface area contributed by atoms with Gasteiger partial charge in [-0.05, 0) is 36.1 Å². The standard InChI is InChI=1S/C27H46O5S5Si/c1-4-38(5-2,6-3)32-25(22-18-33-11-7-26(22)30-9-10-31-26)20-16-35-15-19(23(20)28)24(29)21-17-34-12-8-27(21)36-13-14-37-27/h19-22,24-25,29H,4-18H2,1-3H3/t19-,20-,21-,22-,24+,25+/m0/s1. The van der Waals surface area contributed by atoms with Gasteiger partial charge in [-0.2, -0.15) is 35.3 Å². The zero-order valence-electron chi connectivity index (χ0n) is 23.2. The van der Waals surface area contributed by atoms with E-state index in [1.54, 1.807) is 0 Å². The number of rotatable bonds is 9. The molecule has 0 unspecified atom stereocenters. The molecule has 38 heavy (non-hydrogen) atoms. The van der Waals surface area contributed by atoms with Gasteiger partial charge in [0, 0.05) is 52.8 Å². The van der Waals surface area contributed by atoms with Gasteiger partial charge in [0.1, 0.15) is 5.78 Å². The summed E-state index contributed by atoms with van der Waals surface area (Å²) >= 11 is 9.85. The van der Waals surface area contributed by atoms with E-state index >= 15 is 0 Å². The van der Waals surface area contributed by atoms with Crippen LogP contribution in [0.5, 0.6) is 0 Å². The summed E-state index contributed by atoms with van der Waals surface area (Å²) < 4.78 is 20.2. The van der Waals surface area contributed by atoms with Gasteiger partial charge in [0.15, 0.2) is 14.1 Å². The van der Waals surface area contributed by atoms with Crippen LogP contribution in [0.2, 0.25) is 18.1 Å². The summed E-state index contributed by atoms with van der Waals surface area (Å²) in [6.45, 7) is 8.05. The fourth-order valence-electron chi connectivity index (χ4n) is 7.13. The van der Waals surface area contributed by atoms with Gasteiger partial charge in [0.05, 0.1) is 41.3 Å². The van der Waals surface area contributed by atoms with E-state index < -0.39 is 20.2 Å². The summed E-state index contributed by atoms with van der Waals surface area (Å²) in [5.41, 5.74) is 0. The van der Waals surface area contributed by atoms with E-state index in [1.165, 1.54) is 0 Å². The van der Waals surface area contributed by atoms with Crippen molar-refractivity contribution in [2.45, 2.75) is 73.8 Å². The first-order valence-corrected chi connectivity index (χ1v) is 22.6. The number of carbonyl (C=O) groups is 1. The first-order valence-electron chi connectivity index (χ1n) is 14.6. The molecule has 0 aromatic carbocycles. The van der Waals surface area contributed by atoms with Crippen molar-refractivity contribution in [2.24, 2.45) is 23.7 Å². The first kappa shape index (κ1) is 30.9. The van der Waals surface area contributed by atoms with Gasteiger partial charge < -0.3 is 19.0 Å².